The molecule has 23 heavy (non-hydrogen) atoms. The Hall–Kier alpha value is -3.29. The number of nitrogens with zero attached hydrogens (tertiary/aromatic N) is 4. The van der Waals surface area contributed by atoms with E-state index in [1.54, 1.807) is 36.7 Å². The summed E-state index contributed by atoms with van der Waals surface area (Å²) in [5.74, 6) is -0.0242. The second-order valence-electron chi connectivity index (χ2n) is 4.83. The van der Waals surface area contributed by atoms with E-state index in [0.29, 0.717) is 11.1 Å². The molecule has 0 N–H and O–H groups in total. The number of carbonyl (C=O) groups excluding carboxylic acids is 1. The lowest BCUT2D eigenvalue weighted by atomic mass is 10.1. The standard InChI is InChI=1S/C15H12N4O4/c1-10(20)18-15(11-4-6-13(7-5-11)19(21)22)23-14(17-18)12-3-2-8-16-9-12/h2-9,15H,1H3/t15-/m1/s1. The highest BCUT2D eigenvalue weighted by molar-refractivity contribution is 5.96. The van der Waals surface area contributed by atoms with Gasteiger partial charge in [-0.25, -0.2) is 0 Å². The Bertz CT molecular complexity index is 774. The zero-order valence-corrected chi connectivity index (χ0v) is 12.1. The minimum absolute atomic E-state index is 0.0328. The van der Waals surface area contributed by atoms with Crippen molar-refractivity contribution in [2.45, 2.75) is 13.2 Å². The number of rotatable bonds is 3. The molecule has 0 saturated heterocycles. The molecule has 0 unspecified atom stereocenters. The molecule has 1 atom stereocenters. The van der Waals surface area contributed by atoms with Crippen LogP contribution in [-0.2, 0) is 9.53 Å². The van der Waals surface area contributed by atoms with Gasteiger partial charge >= 0.3 is 0 Å². The Morgan fingerprint density at radius 3 is 2.61 bits per heavy atom. The number of aromatic nitrogens is 1. The van der Waals surface area contributed by atoms with Gasteiger partial charge in [-0.15, -0.1) is 5.10 Å². The predicted octanol–water partition coefficient (Wildman–Crippen LogP) is 2.23. The Labute approximate surface area is 131 Å². The van der Waals surface area contributed by atoms with Crippen molar-refractivity contribution in [1.29, 1.82) is 0 Å². The average molecular weight is 312 g/mol. The normalized spacial score (nSPS) is 16.7. The predicted molar refractivity (Wildman–Crippen MR) is 80.2 cm³/mol. The van der Waals surface area contributed by atoms with E-state index >= 15 is 0 Å². The molecule has 1 aromatic carbocycles. The Balaban J connectivity index is 1.91. The van der Waals surface area contributed by atoms with Gasteiger partial charge in [-0.1, -0.05) is 0 Å². The molecule has 1 aliphatic heterocycles. The minimum Gasteiger partial charge on any atom is -0.446 e. The molecule has 116 valence electrons. The van der Waals surface area contributed by atoms with Gasteiger partial charge in [-0.2, -0.15) is 5.01 Å². The van der Waals surface area contributed by atoms with Crippen LogP contribution >= 0.6 is 0 Å². The third kappa shape index (κ3) is 2.86. The van der Waals surface area contributed by atoms with Crippen molar-refractivity contribution in [1.82, 2.24) is 9.99 Å². The van der Waals surface area contributed by atoms with E-state index in [9.17, 15) is 14.9 Å². The molecule has 1 aliphatic rings. The molecule has 2 aromatic rings. The summed E-state index contributed by atoms with van der Waals surface area (Å²) < 4.78 is 5.75. The molecule has 0 saturated carbocycles. The lowest BCUT2D eigenvalue weighted by Gasteiger charge is -2.19. The van der Waals surface area contributed by atoms with E-state index in [2.05, 4.69) is 10.1 Å². The number of hydrazone groups is 1. The summed E-state index contributed by atoms with van der Waals surface area (Å²) in [7, 11) is 0. The fraction of sp³-hybridized carbons (Fsp3) is 0.133. The number of nitro groups is 1. The average Bonchev–Trinajstić information content (AvgIpc) is 3.01. The van der Waals surface area contributed by atoms with Gasteiger partial charge in [-0.05, 0) is 24.3 Å². The topological polar surface area (TPSA) is 97.9 Å². The van der Waals surface area contributed by atoms with Crippen LogP contribution in [0.25, 0.3) is 0 Å². The van der Waals surface area contributed by atoms with Crippen LogP contribution in [0.4, 0.5) is 5.69 Å². The summed E-state index contributed by atoms with van der Waals surface area (Å²) in [6.07, 6.45) is 2.44. The molecule has 0 radical (unpaired) electrons. The van der Waals surface area contributed by atoms with Crippen molar-refractivity contribution >= 4 is 17.5 Å². The smallest absolute Gasteiger partial charge is 0.269 e. The highest BCUT2D eigenvalue weighted by Crippen LogP contribution is 2.30. The van der Waals surface area contributed by atoms with E-state index in [1.807, 2.05) is 0 Å². The first-order valence-corrected chi connectivity index (χ1v) is 6.76. The number of amides is 1. The maximum absolute atomic E-state index is 11.8. The molecule has 3 rings (SSSR count). The first-order chi connectivity index (χ1) is 11.1. The van der Waals surface area contributed by atoms with Crippen LogP contribution in [0.15, 0.2) is 53.9 Å². The lowest BCUT2D eigenvalue weighted by Crippen LogP contribution is -2.25. The summed E-state index contributed by atoms with van der Waals surface area (Å²) in [5, 5.41) is 16.1. The van der Waals surface area contributed by atoms with Crippen molar-refractivity contribution in [3.05, 3.63) is 70.0 Å². The van der Waals surface area contributed by atoms with E-state index in [4.69, 9.17) is 4.74 Å². The van der Waals surface area contributed by atoms with Crippen molar-refractivity contribution < 1.29 is 14.5 Å². The Morgan fingerprint density at radius 1 is 1.30 bits per heavy atom. The van der Waals surface area contributed by atoms with Crippen LogP contribution in [0.2, 0.25) is 0 Å². The van der Waals surface area contributed by atoms with Crippen LogP contribution in [-0.4, -0.2) is 26.7 Å². The fourth-order valence-corrected chi connectivity index (χ4v) is 2.15. The number of pyridine rings is 1. The molecule has 0 spiro atoms. The van der Waals surface area contributed by atoms with Gasteiger partial charge in [0.1, 0.15) is 0 Å². The SMILES string of the molecule is CC(=O)N1N=C(c2cccnc2)O[C@@H]1c1ccc([N+](=O)[O-])cc1. The number of nitro benzene ring substituents is 1. The summed E-state index contributed by atoms with van der Waals surface area (Å²) in [6, 6.07) is 9.31. The first-order valence-electron chi connectivity index (χ1n) is 6.76. The summed E-state index contributed by atoms with van der Waals surface area (Å²) in [6.45, 7) is 1.37. The van der Waals surface area contributed by atoms with Crippen LogP contribution in [0.5, 0.6) is 0 Å². The molecule has 2 heterocycles. The van der Waals surface area contributed by atoms with Crippen LogP contribution < -0.4 is 0 Å². The lowest BCUT2D eigenvalue weighted by molar-refractivity contribution is -0.384. The van der Waals surface area contributed by atoms with Crippen molar-refractivity contribution in [3.63, 3.8) is 0 Å². The van der Waals surface area contributed by atoms with Crippen LogP contribution in [0, 0.1) is 10.1 Å². The van der Waals surface area contributed by atoms with E-state index in [0.717, 1.165) is 0 Å². The second-order valence-corrected chi connectivity index (χ2v) is 4.83. The van der Waals surface area contributed by atoms with Gasteiger partial charge in [0, 0.05) is 37.0 Å². The third-order valence-electron chi connectivity index (χ3n) is 3.26. The molecule has 0 fully saturated rings. The maximum atomic E-state index is 11.8. The monoisotopic (exact) mass is 312 g/mol. The number of carbonyl (C=O) groups is 1. The summed E-state index contributed by atoms with van der Waals surface area (Å²) >= 11 is 0. The van der Waals surface area contributed by atoms with Crippen molar-refractivity contribution in [3.8, 4) is 0 Å². The zero-order valence-electron chi connectivity index (χ0n) is 12.1. The molecule has 1 aromatic heterocycles. The molecule has 8 heteroatoms. The van der Waals surface area contributed by atoms with Gasteiger partial charge in [0.15, 0.2) is 0 Å². The fourth-order valence-electron chi connectivity index (χ4n) is 2.15. The number of benzene rings is 1. The second kappa shape index (κ2) is 5.84. The third-order valence-corrected chi connectivity index (χ3v) is 3.26. The highest BCUT2D eigenvalue weighted by atomic mass is 16.6. The number of hydrogen-bond donors (Lipinski definition) is 0. The largest absolute Gasteiger partial charge is 0.446 e. The van der Waals surface area contributed by atoms with E-state index < -0.39 is 11.2 Å². The van der Waals surface area contributed by atoms with Gasteiger partial charge < -0.3 is 4.74 Å². The van der Waals surface area contributed by atoms with Gasteiger partial charge in [0.05, 0.1) is 10.5 Å². The van der Waals surface area contributed by atoms with Gasteiger partial charge in [0.2, 0.25) is 18.0 Å². The highest BCUT2D eigenvalue weighted by Gasteiger charge is 2.33. The van der Waals surface area contributed by atoms with E-state index in [1.165, 1.54) is 24.1 Å². The molecular formula is C15H12N4O4. The molecule has 0 aliphatic carbocycles. The Morgan fingerprint density at radius 2 is 2.04 bits per heavy atom. The maximum Gasteiger partial charge on any atom is 0.269 e. The number of ether oxygens (including phenoxy) is 1. The van der Waals surface area contributed by atoms with Crippen LogP contribution in [0.1, 0.15) is 24.3 Å². The minimum atomic E-state index is -0.761. The van der Waals surface area contributed by atoms with Crippen molar-refractivity contribution in [2.24, 2.45) is 5.10 Å². The summed E-state index contributed by atoms with van der Waals surface area (Å²) in [5.41, 5.74) is 1.20. The number of hydrogen-bond acceptors (Lipinski definition) is 6. The molecular weight excluding hydrogens is 300 g/mol. The molecule has 1 amide bonds. The quantitative estimate of drug-likeness (QED) is 0.639. The summed E-state index contributed by atoms with van der Waals surface area (Å²) in [4.78, 5) is 26.0. The molecule has 8 nitrogen and oxygen atoms in total. The first kappa shape index (κ1) is 14.6. The van der Waals surface area contributed by atoms with Crippen molar-refractivity contribution in [2.75, 3.05) is 0 Å². The Kier molecular flexibility index (Phi) is 3.71. The van der Waals surface area contributed by atoms with E-state index in [-0.39, 0.29) is 17.5 Å². The van der Waals surface area contributed by atoms with Crippen LogP contribution in [0.3, 0.4) is 0 Å². The zero-order chi connectivity index (χ0) is 16.4. The van der Waals surface area contributed by atoms with Gasteiger partial charge in [0.25, 0.3) is 5.69 Å². The van der Waals surface area contributed by atoms with Gasteiger partial charge in [-0.3, -0.25) is 19.9 Å². The number of non-ortho nitro benzene ring substituents is 1. The molecule has 0 bridgehead atoms.